The Bertz CT molecular complexity index is 1400. The first-order valence-electron chi connectivity index (χ1n) is 10.9. The van der Waals surface area contributed by atoms with E-state index in [2.05, 4.69) is 10.3 Å². The van der Waals surface area contributed by atoms with Crippen LogP contribution in [0.25, 0.3) is 16.5 Å². The van der Waals surface area contributed by atoms with Crippen molar-refractivity contribution in [2.45, 2.75) is 32.4 Å². The maximum absolute atomic E-state index is 14.8. The minimum Gasteiger partial charge on any atom is -0.306 e. The lowest BCUT2D eigenvalue weighted by Crippen LogP contribution is -2.28. The lowest BCUT2D eigenvalue weighted by atomic mass is 9.99. The van der Waals surface area contributed by atoms with Gasteiger partial charge in [-0.2, -0.15) is 0 Å². The van der Waals surface area contributed by atoms with Gasteiger partial charge in [0.1, 0.15) is 5.82 Å². The predicted octanol–water partition coefficient (Wildman–Crippen LogP) is 5.35. The molecule has 1 atom stereocenters. The number of hydrogen-bond acceptors (Lipinski definition) is 3. The Kier molecular flexibility index (Phi) is 5.50. The standard InChI is InChI=1S/C26H22F3N3O/c1-15-21(14-31-25(16-7-8-16)17-4-2-5-18(27)12-17)20-9-10-22(28)24(29)23(20)26(33)32(15)19-6-3-11-30-13-19/h2-6,9-13,16,25,31H,7-8,14H2,1H3. The quantitative estimate of drug-likeness (QED) is 0.432. The molecule has 1 saturated carbocycles. The van der Waals surface area contributed by atoms with Crippen molar-refractivity contribution in [2.75, 3.05) is 0 Å². The molecular formula is C26H22F3N3O. The maximum atomic E-state index is 14.8. The Labute approximate surface area is 188 Å². The van der Waals surface area contributed by atoms with Gasteiger partial charge in [-0.15, -0.1) is 0 Å². The maximum Gasteiger partial charge on any atom is 0.266 e. The van der Waals surface area contributed by atoms with E-state index < -0.39 is 17.2 Å². The van der Waals surface area contributed by atoms with Crippen LogP contribution in [-0.4, -0.2) is 9.55 Å². The molecule has 0 aliphatic heterocycles. The van der Waals surface area contributed by atoms with Crippen molar-refractivity contribution < 1.29 is 13.2 Å². The van der Waals surface area contributed by atoms with Crippen LogP contribution in [0, 0.1) is 30.3 Å². The summed E-state index contributed by atoms with van der Waals surface area (Å²) in [7, 11) is 0. The fraction of sp³-hybridized carbons (Fsp3) is 0.231. The van der Waals surface area contributed by atoms with E-state index in [0.717, 1.165) is 24.5 Å². The summed E-state index contributed by atoms with van der Waals surface area (Å²) in [5.74, 6) is -2.17. The number of nitrogens with zero attached hydrogens (tertiary/aromatic N) is 2. The molecule has 1 fully saturated rings. The molecule has 5 rings (SSSR count). The van der Waals surface area contributed by atoms with Crippen LogP contribution in [0.5, 0.6) is 0 Å². The Hall–Kier alpha value is -3.45. The average molecular weight is 449 g/mol. The fourth-order valence-corrected chi connectivity index (χ4v) is 4.52. The first-order valence-corrected chi connectivity index (χ1v) is 10.9. The van der Waals surface area contributed by atoms with Crippen molar-refractivity contribution in [1.82, 2.24) is 14.9 Å². The zero-order valence-corrected chi connectivity index (χ0v) is 18.0. The molecule has 2 aromatic carbocycles. The minimum absolute atomic E-state index is 0.0841. The molecule has 0 amide bonds. The zero-order chi connectivity index (χ0) is 23.1. The van der Waals surface area contributed by atoms with E-state index >= 15 is 0 Å². The molecule has 0 saturated heterocycles. The molecule has 7 heteroatoms. The van der Waals surface area contributed by atoms with Crippen LogP contribution in [0.2, 0.25) is 0 Å². The van der Waals surface area contributed by atoms with E-state index in [1.165, 1.54) is 29.0 Å². The summed E-state index contributed by atoms with van der Waals surface area (Å²) in [5, 5.41) is 3.56. The van der Waals surface area contributed by atoms with Crippen molar-refractivity contribution in [2.24, 2.45) is 5.92 Å². The number of halogens is 3. The summed E-state index contributed by atoms with van der Waals surface area (Å²) in [6.07, 6.45) is 5.15. The highest BCUT2D eigenvalue weighted by Crippen LogP contribution is 2.41. The second kappa shape index (κ2) is 8.48. The summed E-state index contributed by atoms with van der Waals surface area (Å²) in [6.45, 7) is 2.08. The first-order chi connectivity index (χ1) is 16.0. The molecule has 0 radical (unpaired) electrons. The monoisotopic (exact) mass is 449 g/mol. The third-order valence-electron chi connectivity index (χ3n) is 6.31. The van der Waals surface area contributed by atoms with E-state index in [-0.39, 0.29) is 17.2 Å². The molecular weight excluding hydrogens is 427 g/mol. The molecule has 4 aromatic rings. The van der Waals surface area contributed by atoms with Gasteiger partial charge in [-0.05, 0) is 72.5 Å². The number of aromatic nitrogens is 2. The molecule has 2 heterocycles. The van der Waals surface area contributed by atoms with Gasteiger partial charge >= 0.3 is 0 Å². The van der Waals surface area contributed by atoms with Crippen molar-refractivity contribution in [3.8, 4) is 5.69 Å². The normalized spacial score (nSPS) is 14.5. The third kappa shape index (κ3) is 3.93. The summed E-state index contributed by atoms with van der Waals surface area (Å²) in [6, 6.07) is 12.3. The van der Waals surface area contributed by atoms with Crippen LogP contribution in [0.1, 0.15) is 35.7 Å². The summed E-state index contributed by atoms with van der Waals surface area (Å²) >= 11 is 0. The molecule has 2 aromatic heterocycles. The Morgan fingerprint density at radius 1 is 1.12 bits per heavy atom. The van der Waals surface area contributed by atoms with Gasteiger partial charge in [-0.1, -0.05) is 18.2 Å². The fourth-order valence-electron chi connectivity index (χ4n) is 4.52. The van der Waals surface area contributed by atoms with Gasteiger partial charge in [-0.3, -0.25) is 14.3 Å². The Morgan fingerprint density at radius 2 is 1.94 bits per heavy atom. The van der Waals surface area contributed by atoms with E-state index in [9.17, 15) is 18.0 Å². The summed E-state index contributed by atoms with van der Waals surface area (Å²) in [4.78, 5) is 17.3. The van der Waals surface area contributed by atoms with Crippen molar-refractivity contribution in [1.29, 1.82) is 0 Å². The molecule has 1 N–H and O–H groups in total. The highest BCUT2D eigenvalue weighted by Gasteiger charge is 2.32. The van der Waals surface area contributed by atoms with Crippen LogP contribution >= 0.6 is 0 Å². The number of rotatable bonds is 6. The van der Waals surface area contributed by atoms with Gasteiger partial charge in [-0.25, -0.2) is 13.2 Å². The predicted molar refractivity (Wildman–Crippen MR) is 121 cm³/mol. The molecule has 33 heavy (non-hydrogen) atoms. The van der Waals surface area contributed by atoms with E-state index in [0.29, 0.717) is 34.8 Å². The Balaban J connectivity index is 1.64. The summed E-state index contributed by atoms with van der Waals surface area (Å²) in [5.41, 5.74) is 1.95. The average Bonchev–Trinajstić information content (AvgIpc) is 3.64. The van der Waals surface area contributed by atoms with E-state index in [1.54, 1.807) is 31.3 Å². The number of fused-ring (bicyclic) bond motifs is 1. The second-order valence-electron chi connectivity index (χ2n) is 8.45. The zero-order valence-electron chi connectivity index (χ0n) is 18.0. The molecule has 1 aliphatic rings. The topological polar surface area (TPSA) is 46.9 Å². The smallest absolute Gasteiger partial charge is 0.266 e. The van der Waals surface area contributed by atoms with Gasteiger partial charge in [0.2, 0.25) is 0 Å². The molecule has 1 aliphatic carbocycles. The number of pyridine rings is 2. The summed E-state index contributed by atoms with van der Waals surface area (Å²) < 4.78 is 44.2. The molecule has 168 valence electrons. The van der Waals surface area contributed by atoms with Gasteiger partial charge in [0.15, 0.2) is 11.6 Å². The SMILES string of the molecule is Cc1c(CNC(c2cccc(F)c2)C2CC2)c2ccc(F)c(F)c2c(=O)n1-c1cccnc1. The van der Waals surface area contributed by atoms with Crippen LogP contribution in [0.3, 0.4) is 0 Å². The van der Waals surface area contributed by atoms with Crippen LogP contribution in [0.15, 0.2) is 65.7 Å². The first kappa shape index (κ1) is 21.4. The highest BCUT2D eigenvalue weighted by molar-refractivity contribution is 5.86. The second-order valence-corrected chi connectivity index (χ2v) is 8.45. The van der Waals surface area contributed by atoms with Gasteiger partial charge in [0, 0.05) is 24.5 Å². The third-order valence-corrected chi connectivity index (χ3v) is 6.31. The van der Waals surface area contributed by atoms with Crippen molar-refractivity contribution in [3.05, 3.63) is 106 Å². The van der Waals surface area contributed by atoms with Crippen LogP contribution < -0.4 is 10.9 Å². The highest BCUT2D eigenvalue weighted by atomic mass is 19.2. The van der Waals surface area contributed by atoms with Gasteiger partial charge in [0.25, 0.3) is 5.56 Å². The number of benzene rings is 2. The molecule has 0 bridgehead atoms. The Morgan fingerprint density at radius 3 is 2.64 bits per heavy atom. The number of nitrogens with one attached hydrogen (secondary N) is 1. The van der Waals surface area contributed by atoms with Crippen LogP contribution in [-0.2, 0) is 6.54 Å². The molecule has 0 spiro atoms. The van der Waals surface area contributed by atoms with Gasteiger partial charge < -0.3 is 5.32 Å². The molecule has 4 nitrogen and oxygen atoms in total. The van der Waals surface area contributed by atoms with Crippen molar-refractivity contribution in [3.63, 3.8) is 0 Å². The molecule has 1 unspecified atom stereocenters. The van der Waals surface area contributed by atoms with Gasteiger partial charge in [0.05, 0.1) is 17.3 Å². The number of hydrogen-bond donors (Lipinski definition) is 1. The van der Waals surface area contributed by atoms with Crippen LogP contribution in [0.4, 0.5) is 13.2 Å². The minimum atomic E-state index is -1.17. The van der Waals surface area contributed by atoms with E-state index in [1.807, 2.05) is 6.07 Å². The lowest BCUT2D eigenvalue weighted by molar-refractivity contribution is 0.476. The lowest BCUT2D eigenvalue weighted by Gasteiger charge is -2.22. The largest absolute Gasteiger partial charge is 0.306 e. The van der Waals surface area contributed by atoms with E-state index in [4.69, 9.17) is 0 Å². The van der Waals surface area contributed by atoms with Crippen molar-refractivity contribution >= 4 is 10.8 Å².